The first-order valence-electron chi connectivity index (χ1n) is 8.11. The monoisotopic (exact) mass is 287 g/mol. The van der Waals surface area contributed by atoms with Crippen LogP contribution in [0.2, 0.25) is 0 Å². The Kier molecular flexibility index (Phi) is 4.03. The molecule has 0 bridgehead atoms. The van der Waals surface area contributed by atoms with Crippen molar-refractivity contribution in [2.45, 2.75) is 50.0 Å². The molecule has 1 aromatic carbocycles. The first-order valence-corrected chi connectivity index (χ1v) is 8.11. The summed E-state index contributed by atoms with van der Waals surface area (Å²) in [5.74, 6) is 0.630. The quantitative estimate of drug-likeness (QED) is 0.904. The Balaban J connectivity index is 1.72. The van der Waals surface area contributed by atoms with Crippen LogP contribution in [0.4, 0.5) is 0 Å². The molecular weight excluding hydrogens is 262 g/mol. The van der Waals surface area contributed by atoms with E-state index < -0.39 is 5.60 Å². The normalized spacial score (nSPS) is 22.0. The number of amides is 1. The molecule has 3 nitrogen and oxygen atoms in total. The third kappa shape index (κ3) is 3.29. The van der Waals surface area contributed by atoms with Crippen molar-refractivity contribution in [1.29, 1.82) is 0 Å². The fourth-order valence-electron chi connectivity index (χ4n) is 3.65. The maximum absolute atomic E-state index is 12.9. The van der Waals surface area contributed by atoms with Gasteiger partial charge in [0.05, 0.1) is 11.5 Å². The minimum atomic E-state index is -0.658. The van der Waals surface area contributed by atoms with Gasteiger partial charge in [0, 0.05) is 13.6 Å². The molecule has 3 heteroatoms. The third-order valence-corrected chi connectivity index (χ3v) is 4.96. The second-order valence-electron chi connectivity index (χ2n) is 6.85. The molecule has 1 atom stereocenters. The first kappa shape index (κ1) is 14.6. The lowest BCUT2D eigenvalue weighted by atomic mass is 9.92. The molecular formula is C18H25NO2. The Labute approximate surface area is 127 Å². The highest BCUT2D eigenvalue weighted by molar-refractivity contribution is 5.84. The summed E-state index contributed by atoms with van der Waals surface area (Å²) in [6.45, 7) is 0.474. The van der Waals surface area contributed by atoms with E-state index in [0.29, 0.717) is 12.5 Å². The zero-order valence-electron chi connectivity index (χ0n) is 12.8. The van der Waals surface area contributed by atoms with Gasteiger partial charge < -0.3 is 10.0 Å². The van der Waals surface area contributed by atoms with Gasteiger partial charge >= 0.3 is 0 Å². The minimum absolute atomic E-state index is 0.0267. The van der Waals surface area contributed by atoms with Crippen LogP contribution in [0, 0.1) is 5.92 Å². The van der Waals surface area contributed by atoms with Crippen molar-refractivity contribution in [3.63, 3.8) is 0 Å². The number of carbonyl (C=O) groups is 1. The van der Waals surface area contributed by atoms with Crippen molar-refractivity contribution in [3.05, 3.63) is 35.9 Å². The zero-order valence-corrected chi connectivity index (χ0v) is 12.8. The molecule has 0 heterocycles. The van der Waals surface area contributed by atoms with Gasteiger partial charge in [0.1, 0.15) is 0 Å². The predicted molar refractivity (Wildman–Crippen MR) is 83.0 cm³/mol. The third-order valence-electron chi connectivity index (χ3n) is 4.96. The second kappa shape index (κ2) is 5.80. The average molecular weight is 287 g/mol. The van der Waals surface area contributed by atoms with Gasteiger partial charge in [-0.1, -0.05) is 43.2 Å². The topological polar surface area (TPSA) is 40.5 Å². The Morgan fingerprint density at radius 2 is 1.90 bits per heavy atom. The first-order chi connectivity index (χ1) is 10.1. The van der Waals surface area contributed by atoms with Crippen LogP contribution in [-0.4, -0.2) is 35.1 Å². The largest absolute Gasteiger partial charge is 0.388 e. The predicted octanol–water partition coefficient (Wildman–Crippen LogP) is 2.94. The van der Waals surface area contributed by atoms with E-state index in [2.05, 4.69) is 12.1 Å². The molecule has 0 saturated heterocycles. The van der Waals surface area contributed by atoms with E-state index in [1.54, 1.807) is 4.90 Å². The smallest absolute Gasteiger partial charge is 0.230 e. The summed E-state index contributed by atoms with van der Waals surface area (Å²) < 4.78 is 0. The molecule has 3 rings (SSSR count). The SMILES string of the molecule is CN(CC1(O)CCCC1)C(=O)C(c1ccccc1)C1CC1. The van der Waals surface area contributed by atoms with Gasteiger partial charge in [0.2, 0.25) is 5.91 Å². The van der Waals surface area contributed by atoms with Crippen molar-refractivity contribution in [2.75, 3.05) is 13.6 Å². The summed E-state index contributed by atoms with van der Waals surface area (Å²) in [6.07, 6.45) is 6.08. The molecule has 2 saturated carbocycles. The van der Waals surface area contributed by atoms with Crippen LogP contribution >= 0.6 is 0 Å². The Bertz CT molecular complexity index is 489. The van der Waals surface area contributed by atoms with Crippen LogP contribution in [0.25, 0.3) is 0 Å². The molecule has 2 fully saturated rings. The number of hydrogen-bond acceptors (Lipinski definition) is 2. The molecule has 1 unspecified atom stereocenters. The number of hydrogen-bond donors (Lipinski definition) is 1. The molecule has 0 aliphatic heterocycles. The summed E-state index contributed by atoms with van der Waals surface area (Å²) >= 11 is 0. The fraction of sp³-hybridized carbons (Fsp3) is 0.611. The lowest BCUT2D eigenvalue weighted by molar-refractivity contribution is -0.135. The summed E-state index contributed by atoms with van der Waals surface area (Å²) in [7, 11) is 1.84. The molecule has 0 aromatic heterocycles. The number of nitrogens with zero attached hydrogens (tertiary/aromatic N) is 1. The molecule has 21 heavy (non-hydrogen) atoms. The Morgan fingerprint density at radius 1 is 1.29 bits per heavy atom. The molecule has 0 spiro atoms. The van der Waals surface area contributed by atoms with Crippen molar-refractivity contribution in [3.8, 4) is 0 Å². The van der Waals surface area contributed by atoms with Crippen LogP contribution in [-0.2, 0) is 4.79 Å². The van der Waals surface area contributed by atoms with Crippen LogP contribution in [0.3, 0.4) is 0 Å². The fourth-order valence-corrected chi connectivity index (χ4v) is 3.65. The average Bonchev–Trinajstić information content (AvgIpc) is 3.22. The van der Waals surface area contributed by atoms with Gasteiger partial charge in [-0.05, 0) is 37.2 Å². The highest BCUT2D eigenvalue weighted by atomic mass is 16.3. The number of aliphatic hydroxyl groups is 1. The maximum Gasteiger partial charge on any atom is 0.230 e. The van der Waals surface area contributed by atoms with Gasteiger partial charge in [0.15, 0.2) is 0 Å². The van der Waals surface area contributed by atoms with Gasteiger partial charge in [-0.25, -0.2) is 0 Å². The van der Waals surface area contributed by atoms with E-state index in [-0.39, 0.29) is 11.8 Å². The maximum atomic E-state index is 12.9. The van der Waals surface area contributed by atoms with Crippen LogP contribution < -0.4 is 0 Å². The van der Waals surface area contributed by atoms with E-state index in [4.69, 9.17) is 0 Å². The van der Waals surface area contributed by atoms with Crippen LogP contribution in [0.5, 0.6) is 0 Å². The molecule has 1 amide bonds. The lowest BCUT2D eigenvalue weighted by Gasteiger charge is -2.31. The summed E-state index contributed by atoms with van der Waals surface area (Å²) in [5, 5.41) is 10.5. The Hall–Kier alpha value is -1.35. The van der Waals surface area contributed by atoms with Gasteiger partial charge in [0.25, 0.3) is 0 Å². The molecule has 1 aromatic rings. The summed E-state index contributed by atoms with van der Waals surface area (Å²) in [5.41, 5.74) is 0.463. The van der Waals surface area contributed by atoms with E-state index >= 15 is 0 Å². The van der Waals surface area contributed by atoms with E-state index in [9.17, 15) is 9.90 Å². The van der Waals surface area contributed by atoms with Crippen molar-refractivity contribution < 1.29 is 9.90 Å². The number of benzene rings is 1. The van der Waals surface area contributed by atoms with E-state index in [0.717, 1.165) is 44.1 Å². The lowest BCUT2D eigenvalue weighted by Crippen LogP contribution is -2.44. The second-order valence-corrected chi connectivity index (χ2v) is 6.85. The Morgan fingerprint density at radius 3 is 2.48 bits per heavy atom. The van der Waals surface area contributed by atoms with Gasteiger partial charge in [-0.2, -0.15) is 0 Å². The number of rotatable bonds is 5. The molecule has 114 valence electrons. The van der Waals surface area contributed by atoms with Gasteiger partial charge in [-0.3, -0.25) is 4.79 Å². The number of carbonyl (C=O) groups excluding carboxylic acids is 1. The summed E-state index contributed by atoms with van der Waals surface area (Å²) in [4.78, 5) is 14.6. The molecule has 0 radical (unpaired) electrons. The van der Waals surface area contributed by atoms with E-state index in [1.807, 2.05) is 25.2 Å². The zero-order chi connectivity index (χ0) is 14.9. The minimum Gasteiger partial charge on any atom is -0.388 e. The van der Waals surface area contributed by atoms with Crippen molar-refractivity contribution in [1.82, 2.24) is 4.90 Å². The molecule has 1 N–H and O–H groups in total. The van der Waals surface area contributed by atoms with Crippen molar-refractivity contribution in [2.24, 2.45) is 5.92 Å². The highest BCUT2D eigenvalue weighted by Gasteiger charge is 2.40. The molecule has 2 aliphatic carbocycles. The van der Waals surface area contributed by atoms with Crippen LogP contribution in [0.1, 0.15) is 50.0 Å². The van der Waals surface area contributed by atoms with Crippen molar-refractivity contribution >= 4 is 5.91 Å². The van der Waals surface area contributed by atoms with Crippen LogP contribution in [0.15, 0.2) is 30.3 Å². The molecule has 2 aliphatic rings. The summed E-state index contributed by atoms with van der Waals surface area (Å²) in [6, 6.07) is 10.1. The van der Waals surface area contributed by atoms with E-state index in [1.165, 1.54) is 0 Å². The van der Waals surface area contributed by atoms with Gasteiger partial charge in [-0.15, -0.1) is 0 Å². The standard InChI is InChI=1S/C18H25NO2/c1-19(13-18(21)11-5-6-12-18)17(20)16(15-9-10-15)14-7-3-2-4-8-14/h2-4,7-8,15-16,21H,5-6,9-13H2,1H3. The highest BCUT2D eigenvalue weighted by Crippen LogP contribution is 2.43. The number of likely N-dealkylation sites (N-methyl/N-ethyl adjacent to an activating group) is 1.